The summed E-state index contributed by atoms with van der Waals surface area (Å²) in [4.78, 5) is 11.6. The van der Waals surface area contributed by atoms with E-state index in [1.807, 2.05) is 6.07 Å². The minimum atomic E-state index is 0.328. The van der Waals surface area contributed by atoms with Gasteiger partial charge in [-0.3, -0.25) is 0 Å². The molecule has 0 saturated carbocycles. The Bertz CT molecular complexity index is 422. The number of nitrogens with zero attached hydrogens (tertiary/aromatic N) is 3. The van der Waals surface area contributed by atoms with Crippen molar-refractivity contribution in [3.05, 3.63) is 11.9 Å². The first-order chi connectivity index (χ1) is 9.11. The summed E-state index contributed by atoms with van der Waals surface area (Å²) in [6.07, 6.45) is 0. The lowest BCUT2D eigenvalue weighted by Gasteiger charge is -2.34. The zero-order valence-electron chi connectivity index (χ0n) is 12.3. The molecular weight excluding hydrogens is 240 g/mol. The second-order valence-electron chi connectivity index (χ2n) is 5.27. The predicted octanol–water partition coefficient (Wildman–Crippen LogP) is 2.26. The van der Waals surface area contributed by atoms with E-state index in [2.05, 4.69) is 42.9 Å². The van der Waals surface area contributed by atoms with Crippen LogP contribution in [0, 0.1) is 0 Å². The molecule has 0 bridgehead atoms. The molecule has 5 heteroatoms. The Morgan fingerprint density at radius 3 is 2.89 bits per heavy atom. The standard InChI is InChI=1S/C14H24N4O/c1-5-15-12-8-13(17-14(16-12)10(2)3)18-6-7-19-9-11(18)4/h8,10-11H,5-7,9H2,1-4H3,(H,15,16,17). The van der Waals surface area contributed by atoms with Gasteiger partial charge in [0.05, 0.1) is 19.3 Å². The van der Waals surface area contributed by atoms with Crippen LogP contribution in [0.15, 0.2) is 6.07 Å². The summed E-state index contributed by atoms with van der Waals surface area (Å²) in [5.74, 6) is 3.14. The highest BCUT2D eigenvalue weighted by Crippen LogP contribution is 2.22. The fourth-order valence-electron chi connectivity index (χ4n) is 2.20. The molecule has 106 valence electrons. The van der Waals surface area contributed by atoms with Crippen LogP contribution < -0.4 is 10.2 Å². The summed E-state index contributed by atoms with van der Waals surface area (Å²) in [6, 6.07) is 2.40. The first kappa shape index (κ1) is 14.1. The summed E-state index contributed by atoms with van der Waals surface area (Å²) in [5.41, 5.74) is 0. The molecule has 0 aliphatic carbocycles. The van der Waals surface area contributed by atoms with Crippen molar-refractivity contribution in [3.63, 3.8) is 0 Å². The van der Waals surface area contributed by atoms with E-state index in [0.29, 0.717) is 12.0 Å². The molecule has 1 atom stereocenters. The third kappa shape index (κ3) is 3.35. The van der Waals surface area contributed by atoms with Crippen LogP contribution in [0.4, 0.5) is 11.6 Å². The highest BCUT2D eigenvalue weighted by Gasteiger charge is 2.21. The first-order valence-electron chi connectivity index (χ1n) is 7.09. The number of anilines is 2. The number of rotatable bonds is 4. The number of morpholine rings is 1. The van der Waals surface area contributed by atoms with Gasteiger partial charge in [0.1, 0.15) is 17.5 Å². The van der Waals surface area contributed by atoms with Crippen molar-refractivity contribution < 1.29 is 4.74 Å². The fraction of sp³-hybridized carbons (Fsp3) is 0.714. The van der Waals surface area contributed by atoms with Gasteiger partial charge in [0.15, 0.2) is 0 Å². The molecule has 2 rings (SSSR count). The number of hydrogen-bond acceptors (Lipinski definition) is 5. The fourth-order valence-corrected chi connectivity index (χ4v) is 2.20. The number of hydrogen-bond donors (Lipinski definition) is 1. The van der Waals surface area contributed by atoms with Crippen molar-refractivity contribution >= 4 is 11.6 Å². The van der Waals surface area contributed by atoms with E-state index in [1.54, 1.807) is 0 Å². The molecule has 19 heavy (non-hydrogen) atoms. The van der Waals surface area contributed by atoms with E-state index in [4.69, 9.17) is 9.72 Å². The topological polar surface area (TPSA) is 50.3 Å². The largest absolute Gasteiger partial charge is 0.377 e. The molecule has 1 saturated heterocycles. The van der Waals surface area contributed by atoms with Gasteiger partial charge in [0, 0.05) is 25.1 Å². The third-order valence-corrected chi connectivity index (χ3v) is 3.27. The van der Waals surface area contributed by atoms with Crippen molar-refractivity contribution in [3.8, 4) is 0 Å². The zero-order chi connectivity index (χ0) is 13.8. The van der Waals surface area contributed by atoms with Gasteiger partial charge in [-0.1, -0.05) is 13.8 Å². The lowest BCUT2D eigenvalue weighted by molar-refractivity contribution is 0.0985. The SMILES string of the molecule is CCNc1cc(N2CCOCC2C)nc(C(C)C)n1. The van der Waals surface area contributed by atoms with Gasteiger partial charge in [0.2, 0.25) is 0 Å². The van der Waals surface area contributed by atoms with Gasteiger partial charge in [-0.2, -0.15) is 0 Å². The second kappa shape index (κ2) is 6.19. The van der Waals surface area contributed by atoms with E-state index < -0.39 is 0 Å². The van der Waals surface area contributed by atoms with E-state index in [1.165, 1.54) is 0 Å². The Morgan fingerprint density at radius 1 is 1.47 bits per heavy atom. The molecule has 1 aromatic heterocycles. The van der Waals surface area contributed by atoms with Gasteiger partial charge < -0.3 is 15.0 Å². The van der Waals surface area contributed by atoms with E-state index >= 15 is 0 Å². The van der Waals surface area contributed by atoms with Gasteiger partial charge in [-0.05, 0) is 13.8 Å². The van der Waals surface area contributed by atoms with Crippen LogP contribution >= 0.6 is 0 Å². The molecule has 2 heterocycles. The quantitative estimate of drug-likeness (QED) is 0.904. The van der Waals surface area contributed by atoms with Crippen LogP contribution in [0.25, 0.3) is 0 Å². The highest BCUT2D eigenvalue weighted by atomic mass is 16.5. The number of aromatic nitrogens is 2. The minimum absolute atomic E-state index is 0.328. The molecule has 1 aliphatic heterocycles. The molecule has 0 aromatic carbocycles. The maximum absolute atomic E-state index is 5.49. The number of ether oxygens (including phenoxy) is 1. The molecule has 1 aromatic rings. The molecule has 1 fully saturated rings. The van der Waals surface area contributed by atoms with Crippen molar-refractivity contribution in [2.24, 2.45) is 0 Å². The van der Waals surface area contributed by atoms with Crippen LogP contribution in [0.5, 0.6) is 0 Å². The molecule has 1 N–H and O–H groups in total. The molecular formula is C14H24N4O. The van der Waals surface area contributed by atoms with Gasteiger partial charge >= 0.3 is 0 Å². The molecule has 5 nitrogen and oxygen atoms in total. The van der Waals surface area contributed by atoms with Crippen LogP contribution in [-0.2, 0) is 4.74 Å². The lowest BCUT2D eigenvalue weighted by Crippen LogP contribution is -2.44. The molecule has 0 amide bonds. The molecule has 0 radical (unpaired) electrons. The van der Waals surface area contributed by atoms with Gasteiger partial charge in [-0.15, -0.1) is 0 Å². The first-order valence-corrected chi connectivity index (χ1v) is 7.09. The zero-order valence-corrected chi connectivity index (χ0v) is 12.3. The monoisotopic (exact) mass is 264 g/mol. The Kier molecular flexibility index (Phi) is 4.58. The third-order valence-electron chi connectivity index (χ3n) is 3.27. The Balaban J connectivity index is 2.31. The highest BCUT2D eigenvalue weighted by molar-refractivity contribution is 5.50. The van der Waals surface area contributed by atoms with Crippen molar-refractivity contribution in [2.75, 3.05) is 36.5 Å². The maximum Gasteiger partial charge on any atom is 0.135 e. The minimum Gasteiger partial charge on any atom is -0.377 e. The summed E-state index contributed by atoms with van der Waals surface area (Å²) in [7, 11) is 0. The predicted molar refractivity (Wildman–Crippen MR) is 77.9 cm³/mol. The normalized spacial score (nSPS) is 19.8. The van der Waals surface area contributed by atoms with E-state index in [0.717, 1.165) is 43.8 Å². The van der Waals surface area contributed by atoms with Crippen molar-refractivity contribution in [2.45, 2.75) is 39.7 Å². The molecule has 0 spiro atoms. The smallest absolute Gasteiger partial charge is 0.135 e. The Labute approximate surface area is 115 Å². The Hall–Kier alpha value is -1.36. The van der Waals surface area contributed by atoms with Crippen LogP contribution in [0.1, 0.15) is 39.4 Å². The summed E-state index contributed by atoms with van der Waals surface area (Å²) in [5, 5.41) is 3.29. The van der Waals surface area contributed by atoms with Crippen LogP contribution in [-0.4, -0.2) is 42.3 Å². The Morgan fingerprint density at radius 2 is 2.26 bits per heavy atom. The van der Waals surface area contributed by atoms with Crippen molar-refractivity contribution in [1.29, 1.82) is 0 Å². The van der Waals surface area contributed by atoms with E-state index in [-0.39, 0.29) is 0 Å². The summed E-state index contributed by atoms with van der Waals surface area (Å²) < 4.78 is 5.49. The van der Waals surface area contributed by atoms with Crippen molar-refractivity contribution in [1.82, 2.24) is 9.97 Å². The maximum atomic E-state index is 5.49. The lowest BCUT2D eigenvalue weighted by atomic mass is 10.2. The summed E-state index contributed by atoms with van der Waals surface area (Å²) in [6.45, 7) is 11.8. The van der Waals surface area contributed by atoms with Gasteiger partial charge in [0.25, 0.3) is 0 Å². The average molecular weight is 264 g/mol. The van der Waals surface area contributed by atoms with Gasteiger partial charge in [-0.25, -0.2) is 9.97 Å². The number of nitrogens with one attached hydrogen (secondary N) is 1. The molecule has 1 unspecified atom stereocenters. The van der Waals surface area contributed by atoms with E-state index in [9.17, 15) is 0 Å². The average Bonchev–Trinajstić information content (AvgIpc) is 2.39. The molecule has 1 aliphatic rings. The van der Waals surface area contributed by atoms with Crippen LogP contribution in [0.2, 0.25) is 0 Å². The van der Waals surface area contributed by atoms with Crippen LogP contribution in [0.3, 0.4) is 0 Å². The summed E-state index contributed by atoms with van der Waals surface area (Å²) >= 11 is 0. The second-order valence-corrected chi connectivity index (χ2v) is 5.27.